The molecule has 0 fully saturated rings. The van der Waals surface area contributed by atoms with Crippen molar-refractivity contribution in [3.05, 3.63) is 28.2 Å². The zero-order chi connectivity index (χ0) is 14.6. The summed E-state index contributed by atoms with van der Waals surface area (Å²) in [6.07, 6.45) is -0.655. The van der Waals surface area contributed by atoms with Gasteiger partial charge in [-0.3, -0.25) is 0 Å². The van der Waals surface area contributed by atoms with Crippen LogP contribution < -0.4 is 0 Å². The van der Waals surface area contributed by atoms with Crippen LogP contribution in [0.25, 0.3) is 0 Å². The predicted octanol–water partition coefficient (Wildman–Crippen LogP) is 2.23. The van der Waals surface area contributed by atoms with Gasteiger partial charge < -0.3 is 9.47 Å². The summed E-state index contributed by atoms with van der Waals surface area (Å²) in [5.74, 6) is 0. The molecular formula is C11H15Cl2NO4S. The van der Waals surface area contributed by atoms with Gasteiger partial charge in [-0.25, -0.2) is 8.42 Å². The standard InChI is InChI=1S/C11H15Cl2NO4S/c1-14(7-11(17-2)18-3)19(15,16)10-6-8(12)4-5-9(10)13/h4-6,11H,7H2,1-3H3. The van der Waals surface area contributed by atoms with Crippen LogP contribution >= 0.6 is 23.2 Å². The zero-order valence-electron chi connectivity index (χ0n) is 10.8. The molecule has 0 atom stereocenters. The fourth-order valence-electron chi connectivity index (χ4n) is 1.40. The molecule has 0 saturated heterocycles. The predicted molar refractivity (Wildman–Crippen MR) is 74.1 cm³/mol. The van der Waals surface area contributed by atoms with E-state index in [1.54, 1.807) is 0 Å². The molecule has 0 amide bonds. The maximum Gasteiger partial charge on any atom is 0.244 e. The summed E-state index contributed by atoms with van der Waals surface area (Å²) in [5, 5.41) is 0.411. The number of sulfonamides is 1. The van der Waals surface area contributed by atoms with E-state index in [1.165, 1.54) is 39.5 Å². The molecule has 0 heterocycles. The van der Waals surface area contributed by atoms with Gasteiger partial charge in [0.05, 0.1) is 11.6 Å². The highest BCUT2D eigenvalue weighted by Crippen LogP contribution is 2.27. The highest BCUT2D eigenvalue weighted by atomic mass is 35.5. The molecule has 1 rings (SSSR count). The Hall–Kier alpha value is -0.370. The molecule has 1 aromatic rings. The molecule has 0 aliphatic rings. The Bertz CT molecular complexity index is 531. The van der Waals surface area contributed by atoms with Gasteiger partial charge in [0.25, 0.3) is 0 Å². The van der Waals surface area contributed by atoms with E-state index in [2.05, 4.69) is 0 Å². The van der Waals surface area contributed by atoms with Crippen LogP contribution in [-0.4, -0.2) is 46.8 Å². The molecule has 0 aliphatic carbocycles. The number of hydrogen-bond acceptors (Lipinski definition) is 4. The summed E-state index contributed by atoms with van der Waals surface area (Å²) in [6, 6.07) is 4.27. The first-order chi connectivity index (χ1) is 8.82. The van der Waals surface area contributed by atoms with E-state index in [0.717, 1.165) is 4.31 Å². The van der Waals surface area contributed by atoms with Crippen molar-refractivity contribution in [2.75, 3.05) is 27.8 Å². The Balaban J connectivity index is 3.06. The number of likely N-dealkylation sites (N-methyl/N-ethyl adjacent to an activating group) is 1. The molecule has 0 aromatic heterocycles. The van der Waals surface area contributed by atoms with Crippen LogP contribution in [0.3, 0.4) is 0 Å². The van der Waals surface area contributed by atoms with E-state index < -0.39 is 16.3 Å². The maximum atomic E-state index is 12.3. The van der Waals surface area contributed by atoms with Gasteiger partial charge in [0.15, 0.2) is 6.29 Å². The molecule has 0 N–H and O–H groups in total. The highest BCUT2D eigenvalue weighted by Gasteiger charge is 2.26. The van der Waals surface area contributed by atoms with Crippen molar-refractivity contribution in [3.63, 3.8) is 0 Å². The van der Waals surface area contributed by atoms with E-state index in [-0.39, 0.29) is 16.5 Å². The van der Waals surface area contributed by atoms with Gasteiger partial charge >= 0.3 is 0 Å². The molecule has 5 nitrogen and oxygen atoms in total. The number of nitrogens with zero attached hydrogens (tertiary/aromatic N) is 1. The molecule has 8 heteroatoms. The molecular weight excluding hydrogens is 313 g/mol. The lowest BCUT2D eigenvalue weighted by atomic mass is 10.4. The van der Waals surface area contributed by atoms with E-state index in [4.69, 9.17) is 32.7 Å². The Morgan fingerprint density at radius 2 is 1.84 bits per heavy atom. The quantitative estimate of drug-likeness (QED) is 0.752. The second-order valence-corrected chi connectivity index (χ2v) is 6.62. The van der Waals surface area contributed by atoms with Crippen molar-refractivity contribution in [2.24, 2.45) is 0 Å². The summed E-state index contributed by atoms with van der Waals surface area (Å²) in [7, 11) is 0.527. The van der Waals surface area contributed by atoms with Crippen molar-refractivity contribution in [1.82, 2.24) is 4.31 Å². The molecule has 19 heavy (non-hydrogen) atoms. The molecule has 108 valence electrons. The van der Waals surface area contributed by atoms with E-state index in [9.17, 15) is 8.42 Å². The van der Waals surface area contributed by atoms with Gasteiger partial charge in [-0.15, -0.1) is 0 Å². The van der Waals surface area contributed by atoms with Crippen LogP contribution in [-0.2, 0) is 19.5 Å². The fraction of sp³-hybridized carbons (Fsp3) is 0.455. The summed E-state index contributed by atoms with van der Waals surface area (Å²) in [4.78, 5) is -0.0462. The van der Waals surface area contributed by atoms with Gasteiger partial charge in [0.2, 0.25) is 10.0 Å². The number of hydrogen-bond donors (Lipinski definition) is 0. The van der Waals surface area contributed by atoms with Crippen molar-refractivity contribution in [1.29, 1.82) is 0 Å². The van der Waals surface area contributed by atoms with Gasteiger partial charge in [0, 0.05) is 26.3 Å². The fourth-order valence-corrected chi connectivity index (χ4v) is 3.29. The minimum atomic E-state index is -3.75. The lowest BCUT2D eigenvalue weighted by Gasteiger charge is -2.22. The first kappa shape index (κ1) is 16.7. The summed E-state index contributed by atoms with van der Waals surface area (Å²) >= 11 is 11.7. The van der Waals surface area contributed by atoms with Gasteiger partial charge in [-0.2, -0.15) is 4.31 Å². The number of benzene rings is 1. The number of rotatable bonds is 6. The largest absolute Gasteiger partial charge is 0.355 e. The lowest BCUT2D eigenvalue weighted by Crippen LogP contribution is -2.36. The lowest BCUT2D eigenvalue weighted by molar-refractivity contribution is -0.106. The minimum Gasteiger partial charge on any atom is -0.355 e. The van der Waals surface area contributed by atoms with Crippen molar-refractivity contribution in [2.45, 2.75) is 11.2 Å². The molecule has 1 aromatic carbocycles. The Labute approximate surface area is 123 Å². The van der Waals surface area contributed by atoms with Crippen LogP contribution in [0.5, 0.6) is 0 Å². The second-order valence-electron chi connectivity index (χ2n) is 3.76. The molecule has 0 spiro atoms. The van der Waals surface area contributed by atoms with Crippen LogP contribution in [0.1, 0.15) is 0 Å². The Morgan fingerprint density at radius 3 is 2.37 bits per heavy atom. The molecule has 0 unspecified atom stereocenters. The van der Waals surface area contributed by atoms with Crippen LogP contribution in [0, 0.1) is 0 Å². The van der Waals surface area contributed by atoms with Crippen LogP contribution in [0.2, 0.25) is 10.0 Å². The number of methoxy groups -OCH3 is 2. The zero-order valence-corrected chi connectivity index (χ0v) is 13.1. The molecule has 0 aliphatic heterocycles. The third-order valence-electron chi connectivity index (χ3n) is 2.51. The monoisotopic (exact) mass is 327 g/mol. The van der Waals surface area contributed by atoms with E-state index in [1.807, 2.05) is 0 Å². The molecule has 0 bridgehead atoms. The minimum absolute atomic E-state index is 0.0399. The normalized spacial score (nSPS) is 12.4. The highest BCUT2D eigenvalue weighted by molar-refractivity contribution is 7.89. The van der Waals surface area contributed by atoms with Crippen LogP contribution in [0.15, 0.2) is 23.1 Å². The smallest absolute Gasteiger partial charge is 0.244 e. The SMILES string of the molecule is COC(CN(C)S(=O)(=O)c1cc(Cl)ccc1Cl)OC. The molecule has 0 radical (unpaired) electrons. The average molecular weight is 328 g/mol. The third kappa shape index (κ3) is 4.05. The average Bonchev–Trinajstić information content (AvgIpc) is 2.38. The van der Waals surface area contributed by atoms with E-state index in [0.29, 0.717) is 5.02 Å². The molecule has 0 saturated carbocycles. The second kappa shape index (κ2) is 6.88. The first-order valence-electron chi connectivity index (χ1n) is 5.30. The van der Waals surface area contributed by atoms with Crippen LogP contribution in [0.4, 0.5) is 0 Å². The Morgan fingerprint density at radius 1 is 1.26 bits per heavy atom. The van der Waals surface area contributed by atoms with Crippen molar-refractivity contribution in [3.8, 4) is 0 Å². The third-order valence-corrected chi connectivity index (χ3v) is 5.05. The maximum absolute atomic E-state index is 12.3. The van der Waals surface area contributed by atoms with Crippen molar-refractivity contribution >= 4 is 33.2 Å². The van der Waals surface area contributed by atoms with E-state index >= 15 is 0 Å². The summed E-state index contributed by atoms with van der Waals surface area (Å²) in [6.45, 7) is 0.0399. The van der Waals surface area contributed by atoms with Gasteiger partial charge in [-0.1, -0.05) is 23.2 Å². The van der Waals surface area contributed by atoms with Crippen molar-refractivity contribution < 1.29 is 17.9 Å². The summed E-state index contributed by atoms with van der Waals surface area (Å²) < 4.78 is 35.7. The number of halogens is 2. The Kier molecular flexibility index (Phi) is 6.04. The topological polar surface area (TPSA) is 55.8 Å². The van der Waals surface area contributed by atoms with Gasteiger partial charge in [-0.05, 0) is 18.2 Å². The first-order valence-corrected chi connectivity index (χ1v) is 7.49. The summed E-state index contributed by atoms with van der Waals surface area (Å²) in [5.41, 5.74) is 0. The number of ether oxygens (including phenoxy) is 2. The van der Waals surface area contributed by atoms with Gasteiger partial charge in [0.1, 0.15) is 4.90 Å².